The number of nitro groups is 1. The van der Waals surface area contributed by atoms with Crippen LogP contribution in [0.15, 0.2) is 18.2 Å². The molecule has 2 rings (SSSR count). The number of anilines is 1. The van der Waals surface area contributed by atoms with Gasteiger partial charge in [-0.25, -0.2) is 8.78 Å². The lowest BCUT2D eigenvalue weighted by atomic mass is 10.2. The number of aryl methyl sites for hydroxylation is 1. The molecule has 1 aromatic carbocycles. The van der Waals surface area contributed by atoms with Gasteiger partial charge in [0.2, 0.25) is 5.91 Å². The molecule has 0 bridgehead atoms. The normalized spacial score (nSPS) is 10.9. The molecule has 0 aliphatic heterocycles. The van der Waals surface area contributed by atoms with Gasteiger partial charge in [0.15, 0.2) is 0 Å². The topological polar surface area (TPSA) is 90.1 Å². The molecule has 0 saturated carbocycles. The zero-order chi connectivity index (χ0) is 18.0. The summed E-state index contributed by atoms with van der Waals surface area (Å²) in [4.78, 5) is 22.5. The first kappa shape index (κ1) is 17.8. The molecule has 24 heavy (non-hydrogen) atoms. The van der Waals surface area contributed by atoms with Crippen molar-refractivity contribution in [2.45, 2.75) is 26.8 Å². The largest absolute Gasteiger partial charge is 0.319 e. The molecular formula is C14H13ClF2N4O3. The summed E-state index contributed by atoms with van der Waals surface area (Å²) < 4.78 is 26.5. The zero-order valence-electron chi connectivity index (χ0n) is 12.7. The minimum absolute atomic E-state index is 0.0144. The Kier molecular flexibility index (Phi) is 5.13. The van der Waals surface area contributed by atoms with E-state index in [0.717, 1.165) is 4.68 Å². The van der Waals surface area contributed by atoms with E-state index in [9.17, 15) is 23.7 Å². The quantitative estimate of drug-likeness (QED) is 0.652. The number of nitro benzene ring substituents is 1. The predicted octanol–water partition coefficient (Wildman–Crippen LogP) is 3.64. The van der Waals surface area contributed by atoms with Gasteiger partial charge in [0, 0.05) is 6.07 Å². The average molecular weight is 359 g/mol. The molecule has 1 aromatic heterocycles. The first-order valence-corrected chi connectivity index (χ1v) is 7.14. The van der Waals surface area contributed by atoms with Crippen molar-refractivity contribution in [1.29, 1.82) is 0 Å². The monoisotopic (exact) mass is 358 g/mol. The standard InChI is InChI=1S/C14H13ClF2N4O3/c1-7-3-4-9(10(5-7)21(23)24)18-11(22)6-20-8(2)12(15)13(19-20)14(16)17/h3-5,14H,6H2,1-2H3,(H,18,22). The molecule has 0 aliphatic carbocycles. The number of carbonyl (C=O) groups excluding carboxylic acids is 1. The number of nitrogens with zero attached hydrogens (tertiary/aromatic N) is 3. The van der Waals surface area contributed by atoms with Crippen molar-refractivity contribution < 1.29 is 18.5 Å². The van der Waals surface area contributed by atoms with Gasteiger partial charge in [0.1, 0.15) is 17.9 Å². The average Bonchev–Trinajstić information content (AvgIpc) is 2.77. The highest BCUT2D eigenvalue weighted by atomic mass is 35.5. The third-order valence-corrected chi connectivity index (χ3v) is 3.75. The fraction of sp³-hybridized carbons (Fsp3) is 0.286. The molecule has 10 heteroatoms. The molecule has 0 fully saturated rings. The van der Waals surface area contributed by atoms with Crippen LogP contribution in [-0.2, 0) is 11.3 Å². The summed E-state index contributed by atoms with van der Waals surface area (Å²) in [7, 11) is 0. The van der Waals surface area contributed by atoms with Crippen molar-refractivity contribution in [2.75, 3.05) is 5.32 Å². The number of nitrogens with one attached hydrogen (secondary N) is 1. The van der Waals surface area contributed by atoms with Gasteiger partial charge in [-0.15, -0.1) is 0 Å². The molecule has 1 amide bonds. The van der Waals surface area contributed by atoms with Crippen molar-refractivity contribution in [3.05, 3.63) is 50.3 Å². The third kappa shape index (κ3) is 3.67. The molecule has 0 aliphatic rings. The molecule has 0 atom stereocenters. The summed E-state index contributed by atoms with van der Waals surface area (Å²) in [6, 6.07) is 4.33. The second-order valence-electron chi connectivity index (χ2n) is 5.07. The third-order valence-electron chi connectivity index (χ3n) is 3.28. The predicted molar refractivity (Wildman–Crippen MR) is 83.4 cm³/mol. The minimum Gasteiger partial charge on any atom is -0.319 e. The van der Waals surface area contributed by atoms with Crippen LogP contribution in [0.5, 0.6) is 0 Å². The summed E-state index contributed by atoms with van der Waals surface area (Å²) in [5.74, 6) is -0.648. The van der Waals surface area contributed by atoms with Crippen molar-refractivity contribution in [1.82, 2.24) is 9.78 Å². The number of alkyl halides is 2. The highest BCUT2D eigenvalue weighted by Crippen LogP contribution is 2.29. The Morgan fingerprint density at radius 3 is 2.67 bits per heavy atom. The molecule has 1 N–H and O–H groups in total. The molecular weight excluding hydrogens is 346 g/mol. The lowest BCUT2D eigenvalue weighted by Crippen LogP contribution is -2.21. The lowest BCUT2D eigenvalue weighted by Gasteiger charge is -2.08. The molecule has 7 nitrogen and oxygen atoms in total. The maximum atomic E-state index is 12.7. The molecule has 1 heterocycles. The van der Waals surface area contributed by atoms with Crippen LogP contribution >= 0.6 is 11.6 Å². The highest BCUT2D eigenvalue weighted by Gasteiger charge is 2.22. The second-order valence-corrected chi connectivity index (χ2v) is 5.45. The molecule has 2 aromatic rings. The summed E-state index contributed by atoms with van der Waals surface area (Å²) in [6.07, 6.45) is -2.86. The van der Waals surface area contributed by atoms with Crippen molar-refractivity contribution >= 4 is 28.9 Å². The highest BCUT2D eigenvalue weighted by molar-refractivity contribution is 6.31. The van der Waals surface area contributed by atoms with Gasteiger partial charge in [-0.05, 0) is 25.5 Å². The van der Waals surface area contributed by atoms with Gasteiger partial charge < -0.3 is 5.32 Å². The lowest BCUT2D eigenvalue weighted by molar-refractivity contribution is -0.384. The van der Waals surface area contributed by atoms with Crippen LogP contribution < -0.4 is 5.32 Å². The van der Waals surface area contributed by atoms with Crippen LogP contribution in [0, 0.1) is 24.0 Å². The second kappa shape index (κ2) is 6.91. The van der Waals surface area contributed by atoms with E-state index >= 15 is 0 Å². The smallest absolute Gasteiger partial charge is 0.293 e. The van der Waals surface area contributed by atoms with E-state index < -0.39 is 29.5 Å². The summed E-state index contributed by atoms with van der Waals surface area (Å²) in [5.41, 5.74) is 0.0206. The summed E-state index contributed by atoms with van der Waals surface area (Å²) in [5, 5.41) is 16.8. The molecule has 0 spiro atoms. The Labute approximate surface area is 140 Å². The molecule has 0 unspecified atom stereocenters. The number of halogens is 3. The van der Waals surface area contributed by atoms with E-state index in [1.807, 2.05) is 0 Å². The SMILES string of the molecule is Cc1ccc(NC(=O)Cn2nc(C(F)F)c(Cl)c2C)c([N+](=O)[O-])c1. The number of rotatable bonds is 5. The van der Waals surface area contributed by atoms with Gasteiger partial charge in [-0.1, -0.05) is 17.7 Å². The van der Waals surface area contributed by atoms with Crippen LogP contribution in [0.25, 0.3) is 0 Å². The van der Waals surface area contributed by atoms with Crippen molar-refractivity contribution in [3.63, 3.8) is 0 Å². The number of hydrogen-bond acceptors (Lipinski definition) is 4. The van der Waals surface area contributed by atoms with Crippen LogP contribution in [0.1, 0.15) is 23.4 Å². The first-order chi connectivity index (χ1) is 11.2. The van der Waals surface area contributed by atoms with Gasteiger partial charge in [0.05, 0.1) is 15.6 Å². The Bertz CT molecular complexity index is 808. The van der Waals surface area contributed by atoms with E-state index in [1.54, 1.807) is 13.0 Å². The Morgan fingerprint density at radius 1 is 1.46 bits per heavy atom. The zero-order valence-corrected chi connectivity index (χ0v) is 13.5. The fourth-order valence-electron chi connectivity index (χ4n) is 2.07. The Hall–Kier alpha value is -2.55. The summed E-state index contributed by atoms with van der Waals surface area (Å²) >= 11 is 5.75. The van der Waals surface area contributed by atoms with Crippen LogP contribution in [-0.4, -0.2) is 20.6 Å². The van der Waals surface area contributed by atoms with Gasteiger partial charge in [-0.3, -0.25) is 19.6 Å². The van der Waals surface area contributed by atoms with Crippen LogP contribution in [0.4, 0.5) is 20.2 Å². The maximum Gasteiger partial charge on any atom is 0.293 e. The van der Waals surface area contributed by atoms with E-state index in [0.29, 0.717) is 5.56 Å². The van der Waals surface area contributed by atoms with Gasteiger partial charge in [0.25, 0.3) is 12.1 Å². The van der Waals surface area contributed by atoms with Gasteiger partial charge in [-0.2, -0.15) is 5.10 Å². The van der Waals surface area contributed by atoms with E-state index in [-0.39, 0.29) is 22.1 Å². The van der Waals surface area contributed by atoms with Crippen LogP contribution in [0.3, 0.4) is 0 Å². The summed E-state index contributed by atoms with van der Waals surface area (Å²) in [6.45, 7) is 2.73. The van der Waals surface area contributed by atoms with E-state index in [2.05, 4.69) is 10.4 Å². The van der Waals surface area contributed by atoms with E-state index in [4.69, 9.17) is 11.6 Å². The number of aromatic nitrogens is 2. The molecule has 128 valence electrons. The number of hydrogen-bond donors (Lipinski definition) is 1. The fourth-order valence-corrected chi connectivity index (χ4v) is 2.28. The van der Waals surface area contributed by atoms with Crippen molar-refractivity contribution in [3.8, 4) is 0 Å². The van der Waals surface area contributed by atoms with E-state index in [1.165, 1.54) is 19.1 Å². The molecule has 0 radical (unpaired) electrons. The number of benzene rings is 1. The Balaban J connectivity index is 2.21. The van der Waals surface area contributed by atoms with Gasteiger partial charge >= 0.3 is 0 Å². The maximum absolute atomic E-state index is 12.7. The number of carbonyl (C=O) groups is 1. The Morgan fingerprint density at radius 2 is 2.12 bits per heavy atom. The number of amides is 1. The minimum atomic E-state index is -2.86. The van der Waals surface area contributed by atoms with Crippen LogP contribution in [0.2, 0.25) is 5.02 Å². The molecule has 0 saturated heterocycles. The van der Waals surface area contributed by atoms with Crippen molar-refractivity contribution in [2.24, 2.45) is 0 Å². The first-order valence-electron chi connectivity index (χ1n) is 6.76.